The average Bonchev–Trinajstić information content (AvgIpc) is 3.61. The third-order valence-corrected chi connectivity index (χ3v) is 7.86. The molecule has 0 saturated heterocycles. The van der Waals surface area contributed by atoms with Crippen LogP contribution in [0.25, 0.3) is 22.9 Å². The summed E-state index contributed by atoms with van der Waals surface area (Å²) in [5.41, 5.74) is 4.77. The molecule has 2 amide bonds. The van der Waals surface area contributed by atoms with Crippen molar-refractivity contribution in [3.05, 3.63) is 83.4 Å². The second-order valence-corrected chi connectivity index (χ2v) is 11.3. The number of methoxy groups -OCH3 is 1. The van der Waals surface area contributed by atoms with Crippen LogP contribution < -0.4 is 16.0 Å². The van der Waals surface area contributed by atoms with Crippen LogP contribution in [0.4, 0.5) is 16.2 Å². The van der Waals surface area contributed by atoms with E-state index in [1.54, 1.807) is 55.7 Å². The van der Waals surface area contributed by atoms with E-state index in [0.29, 0.717) is 40.5 Å². The smallest absolute Gasteiger partial charge is 0.411 e. The highest BCUT2D eigenvalue weighted by atomic mass is 35.5. The molecule has 0 unspecified atom stereocenters. The molecule has 47 heavy (non-hydrogen) atoms. The number of carbonyl (C=O) groups is 3. The lowest BCUT2D eigenvalue weighted by Crippen LogP contribution is -2.31. The summed E-state index contributed by atoms with van der Waals surface area (Å²) in [4.78, 5) is 42.7. The number of rotatable bonds is 7. The third kappa shape index (κ3) is 8.70. The zero-order chi connectivity index (χ0) is 33.2. The highest BCUT2D eigenvalue weighted by Gasteiger charge is 2.23. The van der Waals surface area contributed by atoms with Gasteiger partial charge in [0.1, 0.15) is 12.4 Å². The molecule has 2 atom stereocenters. The number of hydrogen-bond donors (Lipinski definition) is 3. The number of hydrogen-bond acceptors (Lipinski definition) is 10. The van der Waals surface area contributed by atoms with Gasteiger partial charge >= 0.3 is 12.1 Å². The fourth-order valence-corrected chi connectivity index (χ4v) is 5.54. The quantitative estimate of drug-likeness (QED) is 0.165. The summed E-state index contributed by atoms with van der Waals surface area (Å²) in [6, 6.07) is 11.6. The molecule has 0 saturated carbocycles. The lowest BCUT2D eigenvalue weighted by molar-refractivity contribution is -0.144. The number of nitrogens with one attached hydrogen (secondary N) is 3. The van der Waals surface area contributed by atoms with Crippen molar-refractivity contribution in [3.8, 4) is 16.8 Å². The second-order valence-electron chi connectivity index (χ2n) is 10.8. The fourth-order valence-electron chi connectivity index (χ4n) is 5.36. The first-order chi connectivity index (χ1) is 22.8. The monoisotopic (exact) mass is 658 g/mol. The molecule has 3 heterocycles. The van der Waals surface area contributed by atoms with Gasteiger partial charge in [-0.25, -0.2) is 9.59 Å². The second kappa shape index (κ2) is 15.8. The Labute approximate surface area is 276 Å². The Morgan fingerprint density at radius 1 is 1.09 bits per heavy atom. The van der Waals surface area contributed by atoms with Crippen molar-refractivity contribution in [1.82, 2.24) is 30.5 Å². The van der Waals surface area contributed by atoms with Crippen LogP contribution in [-0.2, 0) is 19.1 Å². The van der Waals surface area contributed by atoms with Gasteiger partial charge in [-0.1, -0.05) is 36.9 Å². The van der Waals surface area contributed by atoms with Gasteiger partial charge in [0, 0.05) is 51.6 Å². The molecule has 0 spiro atoms. The number of benzene rings is 2. The molecule has 1 aliphatic heterocycles. The van der Waals surface area contributed by atoms with Gasteiger partial charge in [-0.15, -0.1) is 5.10 Å². The molecule has 5 rings (SSSR count). The molecule has 14 heteroatoms. The zero-order valence-corrected chi connectivity index (χ0v) is 26.7. The number of esters is 1. The minimum Gasteiger partial charge on any atom is -0.464 e. The normalized spacial score (nSPS) is 16.4. The number of carbonyl (C=O) groups excluding carboxylic acids is 3. The van der Waals surface area contributed by atoms with E-state index in [-0.39, 0.29) is 24.5 Å². The van der Waals surface area contributed by atoms with E-state index in [1.165, 1.54) is 24.2 Å². The van der Waals surface area contributed by atoms with E-state index < -0.39 is 12.1 Å². The molecule has 244 valence electrons. The van der Waals surface area contributed by atoms with Crippen LogP contribution in [-0.4, -0.2) is 62.9 Å². The first kappa shape index (κ1) is 33.1. The molecule has 0 aliphatic carbocycles. The zero-order valence-electron chi connectivity index (χ0n) is 26.0. The molecule has 0 radical (unpaired) electrons. The summed E-state index contributed by atoms with van der Waals surface area (Å²) in [5, 5.41) is 21.0. The Morgan fingerprint density at radius 2 is 1.94 bits per heavy atom. The molecule has 3 N–H and O–H groups in total. The third-order valence-electron chi connectivity index (χ3n) is 7.63. The maximum absolute atomic E-state index is 13.3. The van der Waals surface area contributed by atoms with Gasteiger partial charge in [0.05, 0.1) is 25.4 Å². The van der Waals surface area contributed by atoms with Crippen molar-refractivity contribution in [1.29, 1.82) is 0 Å². The highest BCUT2D eigenvalue weighted by molar-refractivity contribution is 6.30. The van der Waals surface area contributed by atoms with E-state index in [0.717, 1.165) is 36.0 Å². The SMILES string of the molecule is CCOC(=O)[C@H]1CCCCC[C@H](NC(=O)/C=C/c2cc(Cl)ccc2-n2cnnn2)c2cncc(c2)-c2ccc(NC(=O)OC)cc2N1. The summed E-state index contributed by atoms with van der Waals surface area (Å²) in [5.74, 6) is -0.651. The molecule has 2 bridgehead atoms. The standard InChI is InChI=1S/C33H35ClN8O5/c1-3-47-32(44)28-8-6-4-5-7-27(39-31(43)14-9-21-16-24(34)10-13-30(21)42-20-36-40-41-42)23-15-22(18-35-19-23)26-12-11-25(17-29(26)38-28)37-33(45)46-2/h9-20,27-28,38H,3-8H2,1-2H3,(H,37,45)(H,39,43)/b14-9+/t27-,28+/m0/s1. The number of anilines is 2. The summed E-state index contributed by atoms with van der Waals surface area (Å²) in [6.07, 6.45) is 11.0. The van der Waals surface area contributed by atoms with Crippen LogP contribution in [0.1, 0.15) is 56.2 Å². The van der Waals surface area contributed by atoms with Crippen molar-refractivity contribution < 1.29 is 23.9 Å². The Kier molecular flexibility index (Phi) is 11.1. The number of ether oxygens (including phenoxy) is 2. The summed E-state index contributed by atoms with van der Waals surface area (Å²) in [7, 11) is 1.29. The number of amides is 2. The van der Waals surface area contributed by atoms with Gasteiger partial charge in [-0.2, -0.15) is 4.68 Å². The van der Waals surface area contributed by atoms with Crippen molar-refractivity contribution in [2.75, 3.05) is 24.4 Å². The van der Waals surface area contributed by atoms with Crippen LogP contribution >= 0.6 is 11.6 Å². The number of fused-ring (bicyclic) bond motifs is 4. The van der Waals surface area contributed by atoms with Crippen LogP contribution in [0, 0.1) is 0 Å². The molecular formula is C33H35ClN8O5. The Morgan fingerprint density at radius 3 is 2.72 bits per heavy atom. The van der Waals surface area contributed by atoms with Gasteiger partial charge < -0.3 is 20.1 Å². The number of tetrazole rings is 1. The van der Waals surface area contributed by atoms with E-state index in [2.05, 4.69) is 36.5 Å². The van der Waals surface area contributed by atoms with Gasteiger partial charge in [0.25, 0.3) is 0 Å². The van der Waals surface area contributed by atoms with Crippen molar-refractivity contribution in [3.63, 3.8) is 0 Å². The summed E-state index contributed by atoms with van der Waals surface area (Å²) >= 11 is 6.24. The predicted molar refractivity (Wildman–Crippen MR) is 177 cm³/mol. The molecular weight excluding hydrogens is 624 g/mol. The maximum Gasteiger partial charge on any atom is 0.411 e. The highest BCUT2D eigenvalue weighted by Crippen LogP contribution is 2.34. The van der Waals surface area contributed by atoms with Crippen molar-refractivity contribution in [2.24, 2.45) is 0 Å². The predicted octanol–water partition coefficient (Wildman–Crippen LogP) is 5.73. The lowest BCUT2D eigenvalue weighted by atomic mass is 9.97. The first-order valence-corrected chi connectivity index (χ1v) is 15.6. The van der Waals surface area contributed by atoms with Crippen molar-refractivity contribution in [2.45, 2.75) is 51.1 Å². The Bertz CT molecular complexity index is 1750. The number of pyridine rings is 1. The van der Waals surface area contributed by atoms with E-state index in [4.69, 9.17) is 21.1 Å². The largest absolute Gasteiger partial charge is 0.464 e. The maximum atomic E-state index is 13.3. The van der Waals surface area contributed by atoms with Gasteiger partial charge in [0.2, 0.25) is 5.91 Å². The van der Waals surface area contributed by atoms with E-state index in [1.807, 2.05) is 12.1 Å². The molecule has 4 aromatic rings. The number of halogens is 1. The Hall–Kier alpha value is -5.30. The van der Waals surface area contributed by atoms with E-state index in [9.17, 15) is 14.4 Å². The first-order valence-electron chi connectivity index (χ1n) is 15.2. The molecule has 2 aromatic carbocycles. The minimum atomic E-state index is -0.616. The van der Waals surface area contributed by atoms with Crippen LogP contribution in [0.2, 0.25) is 5.02 Å². The fraction of sp³-hybridized carbons (Fsp3) is 0.303. The van der Waals surface area contributed by atoms with Gasteiger partial charge in [-0.05, 0) is 78.2 Å². The summed E-state index contributed by atoms with van der Waals surface area (Å²) in [6.45, 7) is 2.03. The Balaban J connectivity index is 1.44. The lowest BCUT2D eigenvalue weighted by Gasteiger charge is -2.21. The summed E-state index contributed by atoms with van der Waals surface area (Å²) < 4.78 is 11.6. The topological polar surface area (TPSA) is 162 Å². The molecule has 1 aliphatic rings. The van der Waals surface area contributed by atoms with Crippen LogP contribution in [0.15, 0.2) is 67.3 Å². The van der Waals surface area contributed by atoms with Gasteiger partial charge in [-0.3, -0.25) is 15.1 Å². The van der Waals surface area contributed by atoms with Crippen molar-refractivity contribution >= 4 is 47.0 Å². The van der Waals surface area contributed by atoms with Crippen LogP contribution in [0.3, 0.4) is 0 Å². The van der Waals surface area contributed by atoms with E-state index >= 15 is 0 Å². The van der Waals surface area contributed by atoms with Gasteiger partial charge in [0.15, 0.2) is 0 Å². The minimum absolute atomic E-state index is 0.256. The molecule has 2 aromatic heterocycles. The number of nitrogens with zero attached hydrogens (tertiary/aromatic N) is 5. The molecule has 13 nitrogen and oxygen atoms in total. The number of aromatic nitrogens is 5. The van der Waals surface area contributed by atoms with Crippen LogP contribution in [0.5, 0.6) is 0 Å². The molecule has 0 fully saturated rings. The average molecular weight is 659 g/mol.